The van der Waals surface area contributed by atoms with Gasteiger partial charge in [-0.15, -0.1) is 0 Å². The predicted octanol–water partition coefficient (Wildman–Crippen LogP) is 2.99. The molecule has 0 amide bonds. The van der Waals surface area contributed by atoms with E-state index in [9.17, 15) is 22.8 Å². The third-order valence-electron chi connectivity index (χ3n) is 5.79. The van der Waals surface area contributed by atoms with Crippen LogP contribution in [0, 0.1) is 17.5 Å². The van der Waals surface area contributed by atoms with Crippen molar-refractivity contribution in [3.63, 3.8) is 0 Å². The molecule has 0 unspecified atom stereocenters. The van der Waals surface area contributed by atoms with Crippen LogP contribution in [0.5, 0.6) is 0 Å². The van der Waals surface area contributed by atoms with E-state index in [4.69, 9.17) is 4.74 Å². The van der Waals surface area contributed by atoms with Gasteiger partial charge in [-0.25, -0.2) is 27.5 Å². The monoisotopic (exact) mass is 456 g/mol. The summed E-state index contributed by atoms with van der Waals surface area (Å²) in [6.45, 7) is 0.262. The first-order chi connectivity index (χ1) is 15.9. The normalized spacial score (nSPS) is 16.0. The Morgan fingerprint density at radius 2 is 1.76 bits per heavy atom. The van der Waals surface area contributed by atoms with Crippen LogP contribution in [-0.4, -0.2) is 31.4 Å². The van der Waals surface area contributed by atoms with Gasteiger partial charge in [-0.3, -0.25) is 9.36 Å². The highest BCUT2D eigenvalue weighted by Crippen LogP contribution is 2.19. The van der Waals surface area contributed by atoms with Crippen molar-refractivity contribution in [3.8, 4) is 5.69 Å². The van der Waals surface area contributed by atoms with Crippen molar-refractivity contribution in [1.82, 2.24) is 18.7 Å². The van der Waals surface area contributed by atoms with Crippen molar-refractivity contribution in [2.75, 3.05) is 6.61 Å². The molecule has 0 spiro atoms. The van der Waals surface area contributed by atoms with Crippen molar-refractivity contribution in [2.24, 2.45) is 0 Å². The Balaban J connectivity index is 1.74. The second-order valence-corrected chi connectivity index (χ2v) is 7.89. The molecular formula is C23H19F3N4O3. The zero-order chi connectivity index (χ0) is 23.1. The number of hydrogen-bond donors (Lipinski definition) is 0. The van der Waals surface area contributed by atoms with Gasteiger partial charge < -0.3 is 9.30 Å². The van der Waals surface area contributed by atoms with Crippen LogP contribution < -0.4 is 11.2 Å². The first-order valence-electron chi connectivity index (χ1n) is 10.4. The third-order valence-corrected chi connectivity index (χ3v) is 5.79. The molecule has 2 aromatic carbocycles. The van der Waals surface area contributed by atoms with E-state index in [0.717, 1.165) is 23.1 Å². The molecule has 1 saturated heterocycles. The van der Waals surface area contributed by atoms with Gasteiger partial charge in [-0.1, -0.05) is 6.07 Å². The number of aromatic nitrogens is 4. The molecule has 1 fully saturated rings. The summed E-state index contributed by atoms with van der Waals surface area (Å²) in [5, 5.41) is 0. The van der Waals surface area contributed by atoms with Crippen LogP contribution in [0.25, 0.3) is 16.9 Å². The summed E-state index contributed by atoms with van der Waals surface area (Å²) in [6, 6.07) is 8.67. The van der Waals surface area contributed by atoms with Gasteiger partial charge in [0.15, 0.2) is 11.2 Å². The predicted molar refractivity (Wildman–Crippen MR) is 114 cm³/mol. The average molecular weight is 456 g/mol. The molecule has 0 saturated carbocycles. The zero-order valence-corrected chi connectivity index (χ0v) is 17.4. The highest BCUT2D eigenvalue weighted by Gasteiger charge is 2.24. The summed E-state index contributed by atoms with van der Waals surface area (Å²) in [6.07, 6.45) is 2.46. The van der Waals surface area contributed by atoms with Gasteiger partial charge in [-0.2, -0.15) is 0 Å². The lowest BCUT2D eigenvalue weighted by atomic mass is 10.2. The molecule has 0 aliphatic carbocycles. The standard InChI is InChI=1S/C23H19F3N4O3/c24-14-6-8-15(9-7-14)30-21-20(22(31)29(23(30)32)11-16-3-2-10-33-16)28(13-27-21)12-17-18(25)4-1-5-19(17)26/h1,4-9,13,16H,2-3,10-12H2/t16-/m1/s1. The smallest absolute Gasteiger partial charge is 0.337 e. The molecule has 33 heavy (non-hydrogen) atoms. The van der Waals surface area contributed by atoms with Gasteiger partial charge in [0.2, 0.25) is 0 Å². The lowest BCUT2D eigenvalue weighted by Gasteiger charge is -2.15. The van der Waals surface area contributed by atoms with Crippen molar-refractivity contribution >= 4 is 11.2 Å². The summed E-state index contributed by atoms with van der Waals surface area (Å²) in [4.78, 5) is 31.0. The molecule has 4 aromatic rings. The number of rotatable bonds is 5. The van der Waals surface area contributed by atoms with E-state index in [1.54, 1.807) is 0 Å². The number of halogens is 3. The van der Waals surface area contributed by atoms with Crippen LogP contribution in [0.1, 0.15) is 18.4 Å². The minimum Gasteiger partial charge on any atom is -0.376 e. The number of fused-ring (bicyclic) bond motifs is 1. The topological polar surface area (TPSA) is 71.0 Å². The van der Waals surface area contributed by atoms with Crippen molar-refractivity contribution in [2.45, 2.75) is 32.0 Å². The SMILES string of the molecule is O=c1c2c(ncn2Cc2c(F)cccc2F)n(-c2ccc(F)cc2)c(=O)n1C[C@H]1CCCO1. The lowest BCUT2D eigenvalue weighted by molar-refractivity contribution is 0.0950. The second kappa shape index (κ2) is 8.36. The number of nitrogens with zero attached hydrogens (tertiary/aromatic N) is 4. The zero-order valence-electron chi connectivity index (χ0n) is 17.4. The maximum Gasteiger partial charge on any atom is 0.337 e. The summed E-state index contributed by atoms with van der Waals surface area (Å²) in [5.41, 5.74) is -1.22. The highest BCUT2D eigenvalue weighted by molar-refractivity contribution is 5.72. The Kier molecular flexibility index (Phi) is 5.37. The summed E-state index contributed by atoms with van der Waals surface area (Å²) < 4.78 is 51.2. The quantitative estimate of drug-likeness (QED) is 0.463. The van der Waals surface area contributed by atoms with E-state index in [1.807, 2.05) is 0 Å². The minimum atomic E-state index is -0.761. The van der Waals surface area contributed by atoms with E-state index >= 15 is 0 Å². The molecule has 0 bridgehead atoms. The van der Waals surface area contributed by atoms with Crippen LogP contribution in [0.3, 0.4) is 0 Å². The molecule has 7 nitrogen and oxygen atoms in total. The Morgan fingerprint density at radius 3 is 2.42 bits per heavy atom. The van der Waals surface area contributed by atoms with Gasteiger partial charge in [0.05, 0.1) is 31.2 Å². The number of ether oxygens (including phenoxy) is 1. The fourth-order valence-corrected chi connectivity index (χ4v) is 4.13. The largest absolute Gasteiger partial charge is 0.376 e. The molecule has 2 aromatic heterocycles. The summed E-state index contributed by atoms with van der Waals surface area (Å²) >= 11 is 0. The van der Waals surface area contributed by atoms with Crippen molar-refractivity contribution in [1.29, 1.82) is 0 Å². The molecule has 1 aliphatic rings. The molecule has 5 rings (SSSR count). The Bertz CT molecular complexity index is 1430. The Labute approximate surface area is 185 Å². The fourth-order valence-electron chi connectivity index (χ4n) is 4.13. The maximum absolute atomic E-state index is 14.3. The van der Waals surface area contributed by atoms with E-state index in [0.29, 0.717) is 18.7 Å². The van der Waals surface area contributed by atoms with Crippen LogP contribution in [0.2, 0.25) is 0 Å². The van der Waals surface area contributed by atoms with Crippen LogP contribution in [0.15, 0.2) is 58.4 Å². The van der Waals surface area contributed by atoms with Gasteiger partial charge >= 0.3 is 5.69 Å². The summed E-state index contributed by atoms with van der Waals surface area (Å²) in [7, 11) is 0. The number of hydrogen-bond acceptors (Lipinski definition) is 4. The Hall–Kier alpha value is -3.66. The van der Waals surface area contributed by atoms with Gasteiger partial charge in [0.1, 0.15) is 17.5 Å². The van der Waals surface area contributed by atoms with Gasteiger partial charge in [0, 0.05) is 12.2 Å². The van der Waals surface area contributed by atoms with Crippen molar-refractivity contribution < 1.29 is 17.9 Å². The first-order valence-corrected chi connectivity index (χ1v) is 10.4. The molecule has 0 N–H and O–H groups in total. The molecule has 10 heteroatoms. The van der Waals surface area contributed by atoms with Gasteiger partial charge in [0.25, 0.3) is 5.56 Å². The molecule has 3 heterocycles. The van der Waals surface area contributed by atoms with Crippen LogP contribution in [0.4, 0.5) is 13.2 Å². The second-order valence-electron chi connectivity index (χ2n) is 7.89. The van der Waals surface area contributed by atoms with Crippen molar-refractivity contribution in [3.05, 3.63) is 92.6 Å². The number of benzene rings is 2. The highest BCUT2D eigenvalue weighted by atomic mass is 19.1. The Morgan fingerprint density at radius 1 is 1.03 bits per heavy atom. The van der Waals surface area contributed by atoms with Crippen LogP contribution >= 0.6 is 0 Å². The number of imidazole rings is 1. The van der Waals surface area contributed by atoms with E-state index in [2.05, 4.69) is 4.98 Å². The summed E-state index contributed by atoms with van der Waals surface area (Å²) in [5.74, 6) is -2.01. The fraction of sp³-hybridized carbons (Fsp3) is 0.261. The molecule has 0 radical (unpaired) electrons. The molecule has 170 valence electrons. The third kappa shape index (κ3) is 3.76. The molecule has 1 aliphatic heterocycles. The lowest BCUT2D eigenvalue weighted by Crippen LogP contribution is -2.42. The van der Waals surface area contributed by atoms with E-state index < -0.39 is 28.7 Å². The van der Waals surface area contributed by atoms with E-state index in [-0.39, 0.29) is 35.9 Å². The minimum absolute atomic E-state index is 0.000394. The van der Waals surface area contributed by atoms with Crippen LogP contribution in [-0.2, 0) is 17.8 Å². The van der Waals surface area contributed by atoms with Gasteiger partial charge in [-0.05, 0) is 49.2 Å². The molecular weight excluding hydrogens is 437 g/mol. The van der Waals surface area contributed by atoms with E-state index in [1.165, 1.54) is 45.8 Å². The molecule has 1 atom stereocenters. The maximum atomic E-state index is 14.3. The first kappa shape index (κ1) is 21.2. The average Bonchev–Trinajstić information content (AvgIpc) is 3.45.